The molecule has 106 valence electrons. The summed E-state index contributed by atoms with van der Waals surface area (Å²) in [6, 6.07) is 10.2. The number of para-hydroxylation sites is 1. The summed E-state index contributed by atoms with van der Waals surface area (Å²) in [5, 5.41) is 3.49. The average Bonchev–Trinajstić information content (AvgIpc) is 2.44. The van der Waals surface area contributed by atoms with E-state index in [2.05, 4.69) is 63.0 Å². The second-order valence-corrected chi connectivity index (χ2v) is 5.04. The molecule has 0 fully saturated rings. The first-order valence-corrected chi connectivity index (χ1v) is 7.08. The Morgan fingerprint density at radius 2 is 1.85 bits per heavy atom. The summed E-state index contributed by atoms with van der Waals surface area (Å²) < 4.78 is 0. The number of nitrogens with one attached hydrogen (secondary N) is 1. The Labute approximate surface area is 123 Å². The Balaban J connectivity index is 3.19. The molecule has 0 spiro atoms. The topological polar surface area (TPSA) is 12.0 Å². The Morgan fingerprint density at radius 3 is 2.35 bits per heavy atom. The highest BCUT2D eigenvalue weighted by Crippen LogP contribution is 2.24. The third-order valence-corrected chi connectivity index (χ3v) is 3.14. The molecule has 1 aromatic rings. The van der Waals surface area contributed by atoms with Gasteiger partial charge in [0, 0.05) is 11.4 Å². The summed E-state index contributed by atoms with van der Waals surface area (Å²) in [6.45, 7) is 12.4. The molecule has 1 N–H and O–H groups in total. The lowest BCUT2D eigenvalue weighted by molar-refractivity contribution is 0.775. The van der Waals surface area contributed by atoms with Gasteiger partial charge in [-0.15, -0.1) is 0 Å². The maximum atomic E-state index is 3.82. The van der Waals surface area contributed by atoms with Crippen LogP contribution >= 0.6 is 0 Å². The van der Waals surface area contributed by atoms with Gasteiger partial charge in [-0.3, -0.25) is 0 Å². The summed E-state index contributed by atoms with van der Waals surface area (Å²) in [6.07, 6.45) is 8.12. The average molecular weight is 267 g/mol. The summed E-state index contributed by atoms with van der Waals surface area (Å²) in [7, 11) is 0. The molecule has 1 rings (SSSR count). The second kappa shape index (κ2) is 8.21. The number of anilines is 1. The van der Waals surface area contributed by atoms with Crippen LogP contribution in [0.5, 0.6) is 0 Å². The molecular formula is C19H25N. The molecular weight excluding hydrogens is 242 g/mol. The van der Waals surface area contributed by atoms with Crippen molar-refractivity contribution in [3.05, 3.63) is 78.1 Å². The molecule has 1 nitrogen and oxygen atoms in total. The fourth-order valence-electron chi connectivity index (χ4n) is 2.14. The molecule has 0 radical (unpaired) electrons. The van der Waals surface area contributed by atoms with E-state index in [4.69, 9.17) is 0 Å². The van der Waals surface area contributed by atoms with Gasteiger partial charge in [-0.2, -0.15) is 0 Å². The molecule has 0 heterocycles. The zero-order valence-electron chi connectivity index (χ0n) is 13.0. The van der Waals surface area contributed by atoms with Crippen LogP contribution < -0.4 is 5.32 Å². The first-order chi connectivity index (χ1) is 9.60. The Kier molecular flexibility index (Phi) is 6.58. The van der Waals surface area contributed by atoms with Crippen molar-refractivity contribution in [2.24, 2.45) is 5.92 Å². The van der Waals surface area contributed by atoms with Crippen LogP contribution in [0.1, 0.15) is 27.7 Å². The molecule has 0 aliphatic heterocycles. The van der Waals surface area contributed by atoms with Crippen molar-refractivity contribution in [1.82, 2.24) is 0 Å². The lowest BCUT2D eigenvalue weighted by atomic mass is 9.94. The van der Waals surface area contributed by atoms with Crippen molar-refractivity contribution < 1.29 is 0 Å². The van der Waals surface area contributed by atoms with Gasteiger partial charge in [0.15, 0.2) is 0 Å². The minimum atomic E-state index is 0.464. The van der Waals surface area contributed by atoms with E-state index in [-0.39, 0.29) is 0 Å². The van der Waals surface area contributed by atoms with Crippen LogP contribution in [-0.4, -0.2) is 0 Å². The Bertz CT molecular complexity index is 516. The van der Waals surface area contributed by atoms with Crippen LogP contribution in [0.15, 0.2) is 78.1 Å². The summed E-state index contributed by atoms with van der Waals surface area (Å²) in [5.41, 5.74) is 4.78. The van der Waals surface area contributed by atoms with E-state index < -0.39 is 0 Å². The number of allylic oxidation sites excluding steroid dienone is 6. The molecule has 0 saturated heterocycles. The van der Waals surface area contributed by atoms with Crippen molar-refractivity contribution in [3.8, 4) is 0 Å². The largest absolute Gasteiger partial charge is 0.355 e. The van der Waals surface area contributed by atoms with Crippen LogP contribution in [0.3, 0.4) is 0 Å². The fourth-order valence-corrected chi connectivity index (χ4v) is 2.14. The zero-order valence-corrected chi connectivity index (χ0v) is 13.0. The van der Waals surface area contributed by atoms with E-state index in [0.29, 0.717) is 5.92 Å². The number of benzene rings is 1. The second-order valence-electron chi connectivity index (χ2n) is 5.04. The lowest BCUT2D eigenvalue weighted by Crippen LogP contribution is -2.05. The number of hydrogen-bond acceptors (Lipinski definition) is 1. The van der Waals surface area contributed by atoms with E-state index in [1.165, 1.54) is 11.1 Å². The van der Waals surface area contributed by atoms with Gasteiger partial charge in [0.05, 0.1) is 0 Å². The Morgan fingerprint density at radius 1 is 1.20 bits per heavy atom. The molecule has 0 aliphatic carbocycles. The highest BCUT2D eigenvalue weighted by molar-refractivity contribution is 5.54. The molecule has 0 amide bonds. The predicted molar refractivity (Wildman–Crippen MR) is 90.7 cm³/mol. The first kappa shape index (κ1) is 16.0. The van der Waals surface area contributed by atoms with E-state index in [0.717, 1.165) is 11.4 Å². The molecule has 0 aliphatic rings. The molecule has 0 atom stereocenters. The smallest absolute Gasteiger partial charge is 0.0413 e. The monoisotopic (exact) mass is 267 g/mol. The van der Waals surface area contributed by atoms with Crippen LogP contribution in [0.25, 0.3) is 0 Å². The molecule has 0 unspecified atom stereocenters. The van der Waals surface area contributed by atoms with Crippen LogP contribution in [0.2, 0.25) is 0 Å². The molecule has 0 bridgehead atoms. The van der Waals surface area contributed by atoms with Gasteiger partial charge in [0.1, 0.15) is 0 Å². The summed E-state index contributed by atoms with van der Waals surface area (Å²) in [4.78, 5) is 0. The van der Waals surface area contributed by atoms with Gasteiger partial charge < -0.3 is 5.32 Å². The highest BCUT2D eigenvalue weighted by Gasteiger charge is 2.09. The minimum Gasteiger partial charge on any atom is -0.355 e. The fraction of sp³-hybridized carbons (Fsp3) is 0.263. The standard InChI is InChI=1S/C19H25N/c1-6-11-18(15(3)4)16(5)19(12-7-2)20-17-13-9-8-10-14-17/h6-15,20H,1H2,2-5H3/b12-7-,18-11-,19-16+. The maximum Gasteiger partial charge on any atom is 0.0413 e. The van der Waals surface area contributed by atoms with Crippen LogP contribution in [0.4, 0.5) is 5.69 Å². The van der Waals surface area contributed by atoms with Crippen LogP contribution in [-0.2, 0) is 0 Å². The number of hydrogen-bond donors (Lipinski definition) is 1. The van der Waals surface area contributed by atoms with E-state index in [9.17, 15) is 0 Å². The van der Waals surface area contributed by atoms with Crippen LogP contribution in [0, 0.1) is 5.92 Å². The van der Waals surface area contributed by atoms with Crippen molar-refractivity contribution >= 4 is 5.69 Å². The van der Waals surface area contributed by atoms with Gasteiger partial charge in [-0.1, -0.05) is 56.9 Å². The summed E-state index contributed by atoms with van der Waals surface area (Å²) >= 11 is 0. The van der Waals surface area contributed by atoms with Crippen molar-refractivity contribution in [3.63, 3.8) is 0 Å². The Hall–Kier alpha value is -2.02. The molecule has 1 heteroatoms. The van der Waals surface area contributed by atoms with E-state index >= 15 is 0 Å². The van der Waals surface area contributed by atoms with E-state index in [1.807, 2.05) is 31.2 Å². The van der Waals surface area contributed by atoms with Crippen molar-refractivity contribution in [2.75, 3.05) is 5.32 Å². The van der Waals surface area contributed by atoms with Gasteiger partial charge in [0.25, 0.3) is 0 Å². The third-order valence-electron chi connectivity index (χ3n) is 3.14. The molecule has 1 aromatic carbocycles. The number of rotatable bonds is 6. The quantitative estimate of drug-likeness (QED) is 0.650. The van der Waals surface area contributed by atoms with Gasteiger partial charge in [-0.25, -0.2) is 0 Å². The molecule has 0 saturated carbocycles. The predicted octanol–water partition coefficient (Wildman–Crippen LogP) is 5.72. The highest BCUT2D eigenvalue weighted by atomic mass is 14.9. The zero-order chi connectivity index (χ0) is 15.0. The molecule has 0 aromatic heterocycles. The minimum absolute atomic E-state index is 0.464. The van der Waals surface area contributed by atoms with Gasteiger partial charge >= 0.3 is 0 Å². The molecule has 20 heavy (non-hydrogen) atoms. The van der Waals surface area contributed by atoms with Gasteiger partial charge in [0.2, 0.25) is 0 Å². The van der Waals surface area contributed by atoms with Gasteiger partial charge in [-0.05, 0) is 49.1 Å². The summed E-state index contributed by atoms with van der Waals surface area (Å²) in [5.74, 6) is 0.464. The normalized spacial score (nSPS) is 13.6. The lowest BCUT2D eigenvalue weighted by Gasteiger charge is -2.17. The third kappa shape index (κ3) is 4.58. The SMILES string of the molecule is C=C\C=C(/C(C)=C(\C=C/C)Nc1ccccc1)C(C)C. The van der Waals surface area contributed by atoms with Crippen molar-refractivity contribution in [1.29, 1.82) is 0 Å². The van der Waals surface area contributed by atoms with Crippen molar-refractivity contribution in [2.45, 2.75) is 27.7 Å². The van der Waals surface area contributed by atoms with E-state index in [1.54, 1.807) is 0 Å². The first-order valence-electron chi connectivity index (χ1n) is 7.08. The maximum absolute atomic E-state index is 3.82.